The minimum Gasteiger partial charge on any atom is -0.444 e. The zero-order valence-electron chi connectivity index (χ0n) is 11.8. The van der Waals surface area contributed by atoms with Crippen LogP contribution in [0.5, 0.6) is 0 Å². The molecule has 0 spiro atoms. The molecule has 0 aromatic carbocycles. The van der Waals surface area contributed by atoms with Gasteiger partial charge < -0.3 is 15.4 Å². The van der Waals surface area contributed by atoms with Gasteiger partial charge in [0.1, 0.15) is 5.60 Å². The number of hydrogen-bond acceptors (Lipinski definition) is 3. The lowest BCUT2D eigenvalue weighted by molar-refractivity contribution is 0.0480. The van der Waals surface area contributed by atoms with Crippen LogP contribution in [0.15, 0.2) is 0 Å². The van der Waals surface area contributed by atoms with Gasteiger partial charge in [-0.2, -0.15) is 0 Å². The number of ether oxygens (including phenoxy) is 1. The van der Waals surface area contributed by atoms with Crippen molar-refractivity contribution in [2.45, 2.75) is 70.6 Å². The summed E-state index contributed by atoms with van der Waals surface area (Å²) in [5.41, 5.74) is -0.412. The highest BCUT2D eigenvalue weighted by Gasteiger charge is 2.32. The Kier molecular flexibility index (Phi) is 4.15. The monoisotopic (exact) mass is 254 g/mol. The maximum absolute atomic E-state index is 11.7. The minimum absolute atomic E-state index is 0.270. The summed E-state index contributed by atoms with van der Waals surface area (Å²) in [6, 6.07) is 0.860. The zero-order valence-corrected chi connectivity index (χ0v) is 11.8. The predicted octanol–water partition coefficient (Wildman–Crippen LogP) is 2.43. The van der Waals surface area contributed by atoms with Crippen LogP contribution in [0.3, 0.4) is 0 Å². The van der Waals surface area contributed by atoms with E-state index in [4.69, 9.17) is 4.74 Å². The highest BCUT2D eigenvalue weighted by molar-refractivity contribution is 5.68. The molecule has 4 heteroatoms. The maximum atomic E-state index is 11.7. The molecular weight excluding hydrogens is 228 g/mol. The molecule has 1 aliphatic carbocycles. The number of carbonyl (C=O) groups is 1. The Morgan fingerprint density at radius 2 is 2.00 bits per heavy atom. The van der Waals surface area contributed by atoms with Gasteiger partial charge in [-0.05, 0) is 58.9 Å². The first-order valence-electron chi connectivity index (χ1n) is 7.17. The summed E-state index contributed by atoms with van der Waals surface area (Å²) in [6.07, 6.45) is 5.83. The summed E-state index contributed by atoms with van der Waals surface area (Å²) < 4.78 is 5.31. The zero-order chi connectivity index (χ0) is 13.2. The number of rotatable bonds is 2. The molecule has 1 aliphatic heterocycles. The van der Waals surface area contributed by atoms with Crippen LogP contribution in [0.2, 0.25) is 0 Å². The molecule has 2 rings (SSSR count). The van der Waals surface area contributed by atoms with E-state index in [-0.39, 0.29) is 12.1 Å². The average molecular weight is 254 g/mol. The van der Waals surface area contributed by atoms with E-state index >= 15 is 0 Å². The highest BCUT2D eigenvalue weighted by Crippen LogP contribution is 2.32. The van der Waals surface area contributed by atoms with E-state index in [0.29, 0.717) is 6.04 Å². The van der Waals surface area contributed by atoms with Crippen molar-refractivity contribution in [3.63, 3.8) is 0 Å². The molecule has 2 unspecified atom stereocenters. The third-order valence-corrected chi connectivity index (χ3v) is 3.88. The molecule has 0 aromatic rings. The molecular formula is C14H26N2O2. The molecule has 104 valence electrons. The predicted molar refractivity (Wildman–Crippen MR) is 71.5 cm³/mol. The molecule has 18 heavy (non-hydrogen) atoms. The molecule has 2 aliphatic rings. The van der Waals surface area contributed by atoms with E-state index in [1.165, 1.54) is 19.3 Å². The standard InChI is InChI=1S/C14H26N2O2/c1-14(2,3)18-13(17)16-11-7-8-15-12(9-11)10-5-4-6-10/h10-12,15H,4-9H2,1-3H3,(H,16,17). The van der Waals surface area contributed by atoms with Gasteiger partial charge in [-0.3, -0.25) is 0 Å². The summed E-state index contributed by atoms with van der Waals surface area (Å²) in [5, 5.41) is 6.59. The average Bonchev–Trinajstić information content (AvgIpc) is 2.11. The maximum Gasteiger partial charge on any atom is 0.407 e. The summed E-state index contributed by atoms with van der Waals surface area (Å²) >= 11 is 0. The van der Waals surface area contributed by atoms with E-state index < -0.39 is 5.60 Å². The molecule has 0 aromatic heterocycles. The Bertz CT molecular complexity index is 295. The van der Waals surface area contributed by atoms with Crippen molar-refractivity contribution in [2.75, 3.05) is 6.54 Å². The van der Waals surface area contributed by atoms with Gasteiger partial charge in [0, 0.05) is 12.1 Å². The van der Waals surface area contributed by atoms with Crippen molar-refractivity contribution in [3.8, 4) is 0 Å². The van der Waals surface area contributed by atoms with Crippen LogP contribution in [0, 0.1) is 5.92 Å². The quantitative estimate of drug-likeness (QED) is 0.795. The first kappa shape index (κ1) is 13.7. The van der Waals surface area contributed by atoms with Crippen molar-refractivity contribution in [1.29, 1.82) is 0 Å². The molecule has 2 fully saturated rings. The van der Waals surface area contributed by atoms with Crippen LogP contribution in [0.25, 0.3) is 0 Å². The molecule has 4 nitrogen and oxygen atoms in total. The minimum atomic E-state index is -0.412. The van der Waals surface area contributed by atoms with E-state index in [1.54, 1.807) is 0 Å². The Hall–Kier alpha value is -0.770. The van der Waals surface area contributed by atoms with Gasteiger partial charge in [-0.25, -0.2) is 4.79 Å². The smallest absolute Gasteiger partial charge is 0.407 e. The fourth-order valence-corrected chi connectivity index (χ4v) is 2.76. The summed E-state index contributed by atoms with van der Waals surface area (Å²) in [4.78, 5) is 11.7. The normalized spacial score (nSPS) is 29.5. The Balaban J connectivity index is 1.76. The van der Waals surface area contributed by atoms with Crippen molar-refractivity contribution in [1.82, 2.24) is 10.6 Å². The molecule has 1 saturated heterocycles. The second-order valence-electron chi connectivity index (χ2n) is 6.62. The second-order valence-corrected chi connectivity index (χ2v) is 6.62. The fourth-order valence-electron chi connectivity index (χ4n) is 2.76. The number of piperidine rings is 1. The molecule has 1 amide bonds. The number of alkyl carbamates (subject to hydrolysis) is 1. The number of carbonyl (C=O) groups excluding carboxylic acids is 1. The van der Waals surface area contributed by atoms with Crippen LogP contribution >= 0.6 is 0 Å². The summed E-state index contributed by atoms with van der Waals surface area (Å²) in [5.74, 6) is 0.827. The van der Waals surface area contributed by atoms with Crippen molar-refractivity contribution >= 4 is 6.09 Å². The van der Waals surface area contributed by atoms with E-state index in [2.05, 4.69) is 10.6 Å². The van der Waals surface area contributed by atoms with E-state index in [1.807, 2.05) is 20.8 Å². The van der Waals surface area contributed by atoms with Crippen LogP contribution in [-0.2, 0) is 4.74 Å². The van der Waals surface area contributed by atoms with Gasteiger partial charge in [0.05, 0.1) is 0 Å². The molecule has 2 atom stereocenters. The molecule has 0 bridgehead atoms. The lowest BCUT2D eigenvalue weighted by Crippen LogP contribution is -2.52. The first-order valence-corrected chi connectivity index (χ1v) is 7.17. The summed E-state index contributed by atoms with van der Waals surface area (Å²) in [6.45, 7) is 6.69. The highest BCUT2D eigenvalue weighted by atomic mass is 16.6. The van der Waals surface area contributed by atoms with Crippen LogP contribution in [0.1, 0.15) is 52.9 Å². The Labute approximate surface area is 110 Å². The third-order valence-electron chi connectivity index (χ3n) is 3.88. The lowest BCUT2D eigenvalue weighted by Gasteiger charge is -2.40. The molecule has 1 heterocycles. The second kappa shape index (κ2) is 5.47. The van der Waals surface area contributed by atoms with Gasteiger partial charge in [0.15, 0.2) is 0 Å². The van der Waals surface area contributed by atoms with Crippen LogP contribution in [-0.4, -0.2) is 30.3 Å². The van der Waals surface area contributed by atoms with Gasteiger partial charge >= 0.3 is 6.09 Å². The first-order chi connectivity index (χ1) is 8.44. The van der Waals surface area contributed by atoms with E-state index in [9.17, 15) is 4.79 Å². The van der Waals surface area contributed by atoms with Crippen molar-refractivity contribution in [3.05, 3.63) is 0 Å². The number of amides is 1. The van der Waals surface area contributed by atoms with Crippen molar-refractivity contribution in [2.24, 2.45) is 5.92 Å². The third kappa shape index (κ3) is 3.87. The van der Waals surface area contributed by atoms with Gasteiger partial charge in [-0.1, -0.05) is 6.42 Å². The van der Waals surface area contributed by atoms with Gasteiger partial charge in [0.2, 0.25) is 0 Å². The molecule has 0 radical (unpaired) electrons. The van der Waals surface area contributed by atoms with Gasteiger partial charge in [0.25, 0.3) is 0 Å². The SMILES string of the molecule is CC(C)(C)OC(=O)NC1CCNC(C2CCC2)C1. The number of nitrogens with one attached hydrogen (secondary N) is 2. The van der Waals surface area contributed by atoms with Crippen LogP contribution < -0.4 is 10.6 Å². The van der Waals surface area contributed by atoms with Gasteiger partial charge in [-0.15, -0.1) is 0 Å². The lowest BCUT2D eigenvalue weighted by atomic mass is 9.76. The number of hydrogen-bond donors (Lipinski definition) is 2. The summed E-state index contributed by atoms with van der Waals surface area (Å²) in [7, 11) is 0. The van der Waals surface area contributed by atoms with Crippen LogP contribution in [0.4, 0.5) is 4.79 Å². The molecule has 1 saturated carbocycles. The van der Waals surface area contributed by atoms with E-state index in [0.717, 1.165) is 25.3 Å². The van der Waals surface area contributed by atoms with Crippen molar-refractivity contribution < 1.29 is 9.53 Å². The molecule has 2 N–H and O–H groups in total. The largest absolute Gasteiger partial charge is 0.444 e. The Morgan fingerprint density at radius 3 is 2.56 bits per heavy atom. The fraction of sp³-hybridized carbons (Fsp3) is 0.929. The Morgan fingerprint density at radius 1 is 1.28 bits per heavy atom. The topological polar surface area (TPSA) is 50.4 Å².